The number of rotatable bonds is 7. The summed E-state index contributed by atoms with van der Waals surface area (Å²) in [6.07, 6.45) is 0. The predicted octanol–water partition coefficient (Wildman–Crippen LogP) is 1.70. The van der Waals surface area contributed by atoms with Crippen LogP contribution in [0.2, 0.25) is 5.02 Å². The average Bonchev–Trinajstić information content (AvgIpc) is 2.33. The monoisotopic (exact) mass is 301 g/mol. The van der Waals surface area contributed by atoms with Gasteiger partial charge in [0.15, 0.2) is 0 Å². The first-order valence-electron chi connectivity index (χ1n) is 5.86. The maximum absolute atomic E-state index is 11.1. The topological polar surface area (TPSA) is 86.9 Å². The van der Waals surface area contributed by atoms with Gasteiger partial charge in [0.25, 0.3) is 5.69 Å². The number of carboxylic acids is 1. The summed E-state index contributed by atoms with van der Waals surface area (Å²) in [6, 6.07) is 4.20. The zero-order chi connectivity index (χ0) is 15.3. The lowest BCUT2D eigenvalue weighted by Crippen LogP contribution is -2.36. The number of nitrogens with zero attached hydrogens (tertiary/aromatic N) is 3. The van der Waals surface area contributed by atoms with E-state index in [-0.39, 0.29) is 22.9 Å². The molecule has 0 unspecified atom stereocenters. The van der Waals surface area contributed by atoms with E-state index < -0.39 is 10.9 Å². The molecule has 0 aliphatic rings. The molecule has 0 fully saturated rings. The van der Waals surface area contributed by atoms with E-state index in [0.29, 0.717) is 13.1 Å². The van der Waals surface area contributed by atoms with Crippen LogP contribution in [0.3, 0.4) is 0 Å². The van der Waals surface area contributed by atoms with Crippen molar-refractivity contribution in [3.05, 3.63) is 33.3 Å². The van der Waals surface area contributed by atoms with Crippen LogP contribution in [0, 0.1) is 10.1 Å². The number of hydrogen-bond donors (Lipinski definition) is 1. The number of likely N-dealkylation sites (N-methyl/N-ethyl adjacent to an activating group) is 1. The third-order valence-electron chi connectivity index (χ3n) is 2.62. The fourth-order valence-corrected chi connectivity index (χ4v) is 1.85. The second-order valence-corrected chi connectivity index (χ2v) is 4.95. The molecule has 0 aliphatic heterocycles. The number of nitro benzene ring substituents is 1. The second-order valence-electron chi connectivity index (χ2n) is 4.51. The number of hydrogen-bond acceptors (Lipinski definition) is 5. The van der Waals surface area contributed by atoms with Crippen molar-refractivity contribution in [2.45, 2.75) is 0 Å². The molecule has 0 radical (unpaired) electrons. The van der Waals surface area contributed by atoms with Crippen LogP contribution in [0.25, 0.3) is 0 Å². The molecule has 8 heteroatoms. The molecule has 7 nitrogen and oxygen atoms in total. The first-order chi connectivity index (χ1) is 9.31. The second kappa shape index (κ2) is 7.06. The Bertz CT molecular complexity index is 507. The minimum Gasteiger partial charge on any atom is -0.480 e. The van der Waals surface area contributed by atoms with Crippen LogP contribution in [-0.2, 0) is 4.79 Å². The average molecular weight is 302 g/mol. The Kier molecular flexibility index (Phi) is 5.72. The van der Waals surface area contributed by atoms with Gasteiger partial charge in [0, 0.05) is 24.2 Å². The molecule has 0 aromatic heterocycles. The Labute approximate surface area is 121 Å². The van der Waals surface area contributed by atoms with E-state index in [0.717, 1.165) is 0 Å². The highest BCUT2D eigenvalue weighted by atomic mass is 35.5. The summed E-state index contributed by atoms with van der Waals surface area (Å²) in [7, 11) is 3.68. The molecule has 1 rings (SSSR count). The Morgan fingerprint density at radius 1 is 1.40 bits per heavy atom. The molecule has 20 heavy (non-hydrogen) atoms. The maximum Gasteiger partial charge on any atom is 0.323 e. The van der Waals surface area contributed by atoms with Gasteiger partial charge < -0.3 is 14.9 Å². The van der Waals surface area contributed by atoms with Crippen LogP contribution in [0.5, 0.6) is 0 Å². The van der Waals surface area contributed by atoms with Crippen molar-refractivity contribution in [1.82, 2.24) is 4.90 Å². The lowest BCUT2D eigenvalue weighted by atomic mass is 10.2. The normalized spacial score (nSPS) is 10.6. The lowest BCUT2D eigenvalue weighted by Gasteiger charge is -2.24. The van der Waals surface area contributed by atoms with Crippen LogP contribution >= 0.6 is 11.6 Å². The van der Waals surface area contributed by atoms with Crippen LogP contribution in [-0.4, -0.2) is 54.6 Å². The SMILES string of the molecule is CN(C)CCN(CC(=O)O)c1ccc(Cl)cc1[N+](=O)[O-]. The van der Waals surface area contributed by atoms with Gasteiger partial charge in [-0.25, -0.2) is 0 Å². The van der Waals surface area contributed by atoms with E-state index in [1.807, 2.05) is 19.0 Å². The summed E-state index contributed by atoms with van der Waals surface area (Å²) in [5.41, 5.74) is 0.0566. The highest BCUT2D eigenvalue weighted by molar-refractivity contribution is 6.30. The van der Waals surface area contributed by atoms with Gasteiger partial charge >= 0.3 is 5.97 Å². The number of halogens is 1. The van der Waals surface area contributed by atoms with Crippen molar-refractivity contribution in [2.24, 2.45) is 0 Å². The van der Waals surface area contributed by atoms with Gasteiger partial charge in [-0.15, -0.1) is 0 Å². The molecular formula is C12H16ClN3O4. The molecular weight excluding hydrogens is 286 g/mol. The van der Waals surface area contributed by atoms with Gasteiger partial charge in [0.05, 0.1) is 4.92 Å². The fourth-order valence-electron chi connectivity index (χ4n) is 1.68. The maximum atomic E-state index is 11.1. The summed E-state index contributed by atoms with van der Waals surface area (Å²) in [5.74, 6) is -1.05. The first-order valence-corrected chi connectivity index (χ1v) is 6.24. The van der Waals surface area contributed by atoms with Crippen molar-refractivity contribution < 1.29 is 14.8 Å². The molecule has 110 valence electrons. The number of nitro groups is 1. The molecule has 0 aliphatic carbocycles. The van der Waals surface area contributed by atoms with Crippen LogP contribution in [0.4, 0.5) is 11.4 Å². The highest BCUT2D eigenvalue weighted by Gasteiger charge is 2.21. The quantitative estimate of drug-likeness (QED) is 0.609. The predicted molar refractivity (Wildman–Crippen MR) is 76.5 cm³/mol. The van der Waals surface area contributed by atoms with Crippen molar-refractivity contribution in [3.63, 3.8) is 0 Å². The number of carbonyl (C=O) groups is 1. The molecule has 1 aromatic rings. The van der Waals surface area contributed by atoms with E-state index in [1.165, 1.54) is 23.1 Å². The minimum atomic E-state index is -1.05. The lowest BCUT2D eigenvalue weighted by molar-refractivity contribution is -0.384. The first kappa shape index (κ1) is 16.2. The Hall–Kier alpha value is -1.86. The Balaban J connectivity index is 3.11. The Morgan fingerprint density at radius 3 is 2.55 bits per heavy atom. The summed E-state index contributed by atoms with van der Waals surface area (Å²) < 4.78 is 0. The molecule has 0 saturated heterocycles. The van der Waals surface area contributed by atoms with Crippen molar-refractivity contribution in [3.8, 4) is 0 Å². The summed E-state index contributed by atoms with van der Waals surface area (Å²) in [5, 5.41) is 20.2. The van der Waals surface area contributed by atoms with Crippen LogP contribution in [0.1, 0.15) is 0 Å². The highest BCUT2D eigenvalue weighted by Crippen LogP contribution is 2.30. The molecule has 0 spiro atoms. The molecule has 0 atom stereocenters. The van der Waals surface area contributed by atoms with Gasteiger partial charge in [-0.3, -0.25) is 14.9 Å². The number of benzene rings is 1. The molecule has 0 saturated carbocycles. The van der Waals surface area contributed by atoms with E-state index >= 15 is 0 Å². The van der Waals surface area contributed by atoms with Gasteiger partial charge in [-0.1, -0.05) is 11.6 Å². The van der Waals surface area contributed by atoms with Crippen molar-refractivity contribution in [2.75, 3.05) is 38.6 Å². The van der Waals surface area contributed by atoms with Crippen molar-refractivity contribution in [1.29, 1.82) is 0 Å². The third kappa shape index (κ3) is 4.67. The van der Waals surface area contributed by atoms with Crippen molar-refractivity contribution >= 4 is 28.9 Å². The van der Waals surface area contributed by atoms with Crippen LogP contribution < -0.4 is 4.90 Å². The zero-order valence-electron chi connectivity index (χ0n) is 11.2. The van der Waals surface area contributed by atoms with Gasteiger partial charge in [0.1, 0.15) is 12.2 Å². The summed E-state index contributed by atoms with van der Waals surface area (Å²) in [6.45, 7) is 0.630. The smallest absolute Gasteiger partial charge is 0.323 e. The summed E-state index contributed by atoms with van der Waals surface area (Å²) in [4.78, 5) is 24.8. The van der Waals surface area contributed by atoms with E-state index in [2.05, 4.69) is 0 Å². The molecule has 1 N–H and O–H groups in total. The minimum absolute atomic E-state index is 0.197. The standard InChI is InChI=1S/C12H16ClN3O4/c1-14(2)5-6-15(8-12(17)18)10-4-3-9(13)7-11(10)16(19)20/h3-4,7H,5-6,8H2,1-2H3,(H,17,18). The number of anilines is 1. The van der Waals surface area contributed by atoms with E-state index in [4.69, 9.17) is 16.7 Å². The fraction of sp³-hybridized carbons (Fsp3) is 0.417. The number of carboxylic acid groups (broad SMARTS) is 1. The third-order valence-corrected chi connectivity index (χ3v) is 2.85. The largest absolute Gasteiger partial charge is 0.480 e. The van der Waals surface area contributed by atoms with E-state index in [9.17, 15) is 14.9 Å². The Morgan fingerprint density at radius 2 is 2.05 bits per heavy atom. The van der Waals surface area contributed by atoms with Gasteiger partial charge in [0.2, 0.25) is 0 Å². The van der Waals surface area contributed by atoms with Gasteiger partial charge in [-0.2, -0.15) is 0 Å². The molecule has 0 amide bonds. The van der Waals surface area contributed by atoms with E-state index in [1.54, 1.807) is 0 Å². The van der Waals surface area contributed by atoms with Crippen LogP contribution in [0.15, 0.2) is 18.2 Å². The van der Waals surface area contributed by atoms with Gasteiger partial charge in [-0.05, 0) is 26.2 Å². The summed E-state index contributed by atoms with van der Waals surface area (Å²) >= 11 is 5.75. The number of aliphatic carboxylic acids is 1. The molecule has 0 bridgehead atoms. The molecule has 0 heterocycles. The molecule has 1 aromatic carbocycles. The zero-order valence-corrected chi connectivity index (χ0v) is 12.0.